The number of aromatic nitrogens is 1. The summed E-state index contributed by atoms with van der Waals surface area (Å²) in [6.45, 7) is 1.03. The molecule has 0 amide bonds. The van der Waals surface area contributed by atoms with Crippen molar-refractivity contribution in [1.29, 1.82) is 0 Å². The highest BCUT2D eigenvalue weighted by atomic mass is 35.5. The van der Waals surface area contributed by atoms with Crippen molar-refractivity contribution >= 4 is 23.1 Å². The van der Waals surface area contributed by atoms with E-state index in [1.165, 1.54) is 6.92 Å². The second kappa shape index (κ2) is 5.26. The van der Waals surface area contributed by atoms with Gasteiger partial charge in [0.2, 0.25) is 0 Å². The minimum absolute atomic E-state index is 0.0219. The molecule has 1 aromatic rings. The van der Waals surface area contributed by atoms with Gasteiger partial charge in [-0.15, -0.1) is 0 Å². The number of nitro groups is 1. The molecule has 0 radical (unpaired) electrons. The van der Waals surface area contributed by atoms with Gasteiger partial charge in [0.25, 0.3) is 5.69 Å². The summed E-state index contributed by atoms with van der Waals surface area (Å²) in [7, 11) is 0. The van der Waals surface area contributed by atoms with Crippen LogP contribution in [0.1, 0.15) is 6.92 Å². The van der Waals surface area contributed by atoms with Crippen molar-refractivity contribution < 1.29 is 15.1 Å². The first-order valence-corrected chi connectivity index (χ1v) is 5.10. The van der Waals surface area contributed by atoms with E-state index in [2.05, 4.69) is 10.3 Å². The van der Waals surface area contributed by atoms with Gasteiger partial charge < -0.3 is 15.5 Å². The Morgan fingerprint density at radius 1 is 1.71 bits per heavy atom. The maximum atomic E-state index is 10.4. The monoisotopic (exact) mass is 261 g/mol. The van der Waals surface area contributed by atoms with Crippen molar-refractivity contribution in [3.05, 3.63) is 27.4 Å². The van der Waals surface area contributed by atoms with Gasteiger partial charge in [-0.3, -0.25) is 10.1 Å². The van der Waals surface area contributed by atoms with Gasteiger partial charge in [-0.2, -0.15) is 0 Å². The molecule has 3 N–H and O–H groups in total. The zero-order chi connectivity index (χ0) is 13.1. The average Bonchev–Trinajstić information content (AvgIpc) is 2.27. The molecule has 1 rings (SSSR count). The van der Waals surface area contributed by atoms with Crippen LogP contribution in [0.5, 0.6) is 0 Å². The molecule has 0 fully saturated rings. The van der Waals surface area contributed by atoms with Crippen molar-refractivity contribution in [2.24, 2.45) is 0 Å². The van der Waals surface area contributed by atoms with Gasteiger partial charge in [0.15, 0.2) is 0 Å². The Kier molecular flexibility index (Phi) is 4.22. The van der Waals surface area contributed by atoms with E-state index in [0.717, 1.165) is 12.3 Å². The van der Waals surface area contributed by atoms with Crippen LogP contribution in [0.4, 0.5) is 11.5 Å². The first-order chi connectivity index (χ1) is 7.85. The lowest BCUT2D eigenvalue weighted by Crippen LogP contribution is -2.37. The van der Waals surface area contributed by atoms with Gasteiger partial charge in [0.1, 0.15) is 17.6 Å². The van der Waals surface area contributed by atoms with Gasteiger partial charge in [-0.25, -0.2) is 4.98 Å². The average molecular weight is 262 g/mol. The van der Waals surface area contributed by atoms with E-state index >= 15 is 0 Å². The Hall–Kier alpha value is -1.44. The van der Waals surface area contributed by atoms with Crippen LogP contribution in [-0.4, -0.2) is 38.9 Å². The molecule has 0 bridgehead atoms. The van der Waals surface area contributed by atoms with E-state index in [1.54, 1.807) is 0 Å². The van der Waals surface area contributed by atoms with Gasteiger partial charge in [-0.05, 0) is 6.92 Å². The van der Waals surface area contributed by atoms with Crippen molar-refractivity contribution in [2.75, 3.05) is 18.5 Å². The summed E-state index contributed by atoms with van der Waals surface area (Å²) in [6, 6.07) is 1.16. The predicted octanol–water partition coefficient (Wildman–Crippen LogP) is 0.798. The van der Waals surface area contributed by atoms with E-state index in [-0.39, 0.29) is 23.1 Å². The first-order valence-electron chi connectivity index (χ1n) is 4.73. The zero-order valence-electron chi connectivity index (χ0n) is 9.05. The van der Waals surface area contributed by atoms with Crippen molar-refractivity contribution in [3.8, 4) is 0 Å². The molecule has 1 heterocycles. The largest absolute Gasteiger partial charge is 0.393 e. The Balaban J connectivity index is 2.77. The molecule has 1 unspecified atom stereocenters. The summed E-state index contributed by atoms with van der Waals surface area (Å²) in [5, 5.41) is 31.6. The molecule has 0 saturated carbocycles. The summed E-state index contributed by atoms with van der Waals surface area (Å²) in [5.41, 5.74) is -1.53. The van der Waals surface area contributed by atoms with Crippen LogP contribution >= 0.6 is 11.6 Å². The highest BCUT2D eigenvalue weighted by Crippen LogP contribution is 2.24. The van der Waals surface area contributed by atoms with E-state index in [9.17, 15) is 15.2 Å². The summed E-state index contributed by atoms with van der Waals surface area (Å²) in [4.78, 5) is 13.6. The molecule has 0 saturated heterocycles. The second-order valence-corrected chi connectivity index (χ2v) is 4.20. The predicted molar refractivity (Wildman–Crippen MR) is 62.1 cm³/mol. The lowest BCUT2D eigenvalue weighted by atomic mass is 10.1. The number of anilines is 1. The van der Waals surface area contributed by atoms with Gasteiger partial charge in [0.05, 0.1) is 16.6 Å². The van der Waals surface area contributed by atoms with Crippen molar-refractivity contribution in [3.63, 3.8) is 0 Å². The quantitative estimate of drug-likeness (QED) is 0.534. The molecule has 0 aliphatic rings. The maximum Gasteiger partial charge on any atom is 0.289 e. The Bertz CT molecular complexity index is 425. The lowest BCUT2D eigenvalue weighted by molar-refractivity contribution is -0.385. The minimum atomic E-state index is -1.31. The molecule has 8 heteroatoms. The third-order valence-corrected chi connectivity index (χ3v) is 2.30. The van der Waals surface area contributed by atoms with Crippen LogP contribution in [0, 0.1) is 10.1 Å². The van der Waals surface area contributed by atoms with Gasteiger partial charge in [0, 0.05) is 12.6 Å². The van der Waals surface area contributed by atoms with Crippen LogP contribution in [0.25, 0.3) is 0 Å². The number of halogens is 1. The molecule has 0 spiro atoms. The zero-order valence-corrected chi connectivity index (χ0v) is 9.81. The van der Waals surface area contributed by atoms with E-state index < -0.39 is 17.1 Å². The smallest absolute Gasteiger partial charge is 0.289 e. The number of nitrogens with zero attached hydrogens (tertiary/aromatic N) is 2. The van der Waals surface area contributed by atoms with Crippen LogP contribution in [0.2, 0.25) is 5.02 Å². The van der Waals surface area contributed by atoms with Crippen LogP contribution in [0.15, 0.2) is 12.3 Å². The molecule has 17 heavy (non-hydrogen) atoms. The second-order valence-electron chi connectivity index (χ2n) is 3.79. The molecule has 1 atom stereocenters. The molecule has 94 valence electrons. The lowest BCUT2D eigenvalue weighted by Gasteiger charge is -2.21. The molecular formula is C9H12ClN3O4. The van der Waals surface area contributed by atoms with Crippen molar-refractivity contribution in [2.45, 2.75) is 12.5 Å². The Morgan fingerprint density at radius 2 is 2.35 bits per heavy atom. The van der Waals surface area contributed by atoms with Crippen LogP contribution in [0.3, 0.4) is 0 Å². The molecule has 7 nitrogen and oxygen atoms in total. The fourth-order valence-electron chi connectivity index (χ4n) is 0.988. The third kappa shape index (κ3) is 3.81. The fourth-order valence-corrected chi connectivity index (χ4v) is 1.22. The molecule has 1 aromatic heterocycles. The minimum Gasteiger partial charge on any atom is -0.393 e. The first kappa shape index (κ1) is 13.6. The van der Waals surface area contributed by atoms with E-state index in [0.29, 0.717) is 0 Å². The topological polar surface area (TPSA) is 109 Å². The number of aliphatic hydroxyl groups is 2. The summed E-state index contributed by atoms with van der Waals surface area (Å²) in [6.07, 6.45) is 1.06. The Labute approximate surface area is 102 Å². The molecule has 0 aliphatic heterocycles. The van der Waals surface area contributed by atoms with Crippen LogP contribution in [-0.2, 0) is 0 Å². The standard InChI is InChI=1S/C9H12ClN3O4/c1-9(15,5-14)4-12-8-7(10)2-6(3-11-8)13(16)17/h2-3,14-15H,4-5H2,1H3,(H,11,12). The number of rotatable bonds is 5. The fraction of sp³-hybridized carbons (Fsp3) is 0.444. The van der Waals surface area contributed by atoms with Gasteiger partial charge in [-0.1, -0.05) is 11.6 Å². The number of pyridine rings is 1. The number of nitrogens with one attached hydrogen (secondary N) is 1. The number of aliphatic hydroxyl groups excluding tert-OH is 1. The number of hydrogen-bond donors (Lipinski definition) is 3. The summed E-state index contributed by atoms with van der Waals surface area (Å²) < 4.78 is 0. The Morgan fingerprint density at radius 3 is 2.82 bits per heavy atom. The third-order valence-electron chi connectivity index (χ3n) is 2.01. The highest BCUT2D eigenvalue weighted by Gasteiger charge is 2.19. The van der Waals surface area contributed by atoms with Crippen LogP contribution < -0.4 is 5.32 Å². The molecule has 0 aromatic carbocycles. The van der Waals surface area contributed by atoms with Gasteiger partial charge >= 0.3 is 0 Å². The SMILES string of the molecule is CC(O)(CO)CNc1ncc([N+](=O)[O-])cc1Cl. The summed E-state index contributed by atoms with van der Waals surface area (Å²) in [5.74, 6) is 0.214. The van der Waals surface area contributed by atoms with E-state index in [1.807, 2.05) is 0 Å². The highest BCUT2D eigenvalue weighted by molar-refractivity contribution is 6.33. The maximum absolute atomic E-state index is 10.4. The van der Waals surface area contributed by atoms with Crippen molar-refractivity contribution in [1.82, 2.24) is 4.98 Å². The summed E-state index contributed by atoms with van der Waals surface area (Å²) >= 11 is 5.77. The number of hydrogen-bond acceptors (Lipinski definition) is 6. The normalized spacial score (nSPS) is 14.1. The van der Waals surface area contributed by atoms with E-state index in [4.69, 9.17) is 16.7 Å². The molecular weight excluding hydrogens is 250 g/mol. The molecule has 0 aliphatic carbocycles.